The Labute approximate surface area is 152 Å². The van der Waals surface area contributed by atoms with Crippen LogP contribution in [0.5, 0.6) is 0 Å². The predicted octanol–water partition coefficient (Wildman–Crippen LogP) is 2.56. The molecule has 3 rings (SSSR count). The lowest BCUT2D eigenvalue weighted by Gasteiger charge is -2.31. The van der Waals surface area contributed by atoms with Crippen molar-refractivity contribution in [3.05, 3.63) is 48.2 Å². The van der Waals surface area contributed by atoms with Crippen molar-refractivity contribution in [3.8, 4) is 0 Å². The minimum Gasteiger partial charge on any atom is -0.445 e. The van der Waals surface area contributed by atoms with Crippen molar-refractivity contribution in [3.63, 3.8) is 0 Å². The number of benzene rings is 1. The molecule has 0 spiro atoms. The van der Waals surface area contributed by atoms with Gasteiger partial charge in [0.1, 0.15) is 0 Å². The number of hydrogen-bond donors (Lipinski definition) is 1. The standard InChI is InChI=1S/C17H21N3O5S/c1-26(22,23)20-8-2-3-14(10-20)13-4-6-15(7-5-13)19-17(21)24-11-16-9-18-12-25-16/h4-7,9,12,14H,2-3,8,10-11H2,1H3,(H,19,21)/t14-/m1/s1. The van der Waals surface area contributed by atoms with Crippen LogP contribution in [0.2, 0.25) is 0 Å². The van der Waals surface area contributed by atoms with Gasteiger partial charge in [-0.05, 0) is 36.5 Å². The van der Waals surface area contributed by atoms with Crippen molar-refractivity contribution < 1.29 is 22.4 Å². The third-order valence-electron chi connectivity index (χ3n) is 4.31. The molecule has 0 radical (unpaired) electrons. The second-order valence-corrected chi connectivity index (χ2v) is 8.23. The van der Waals surface area contributed by atoms with E-state index in [9.17, 15) is 13.2 Å². The first-order valence-electron chi connectivity index (χ1n) is 8.28. The summed E-state index contributed by atoms with van der Waals surface area (Å²) in [5.74, 6) is 0.620. The number of aromatic nitrogens is 1. The van der Waals surface area contributed by atoms with Crippen molar-refractivity contribution in [1.29, 1.82) is 0 Å². The maximum absolute atomic E-state index is 11.8. The summed E-state index contributed by atoms with van der Waals surface area (Å²) < 4.78 is 35.0. The highest BCUT2D eigenvalue weighted by Crippen LogP contribution is 2.28. The number of nitrogens with one attached hydrogen (secondary N) is 1. The Balaban J connectivity index is 1.55. The maximum Gasteiger partial charge on any atom is 0.412 e. The average Bonchev–Trinajstić information content (AvgIpc) is 3.14. The van der Waals surface area contributed by atoms with Gasteiger partial charge in [-0.25, -0.2) is 22.5 Å². The second kappa shape index (κ2) is 7.88. The average molecular weight is 379 g/mol. The molecule has 26 heavy (non-hydrogen) atoms. The summed E-state index contributed by atoms with van der Waals surface area (Å²) in [4.78, 5) is 15.5. The smallest absolute Gasteiger partial charge is 0.412 e. The predicted molar refractivity (Wildman–Crippen MR) is 95.1 cm³/mol. The van der Waals surface area contributed by atoms with Crippen molar-refractivity contribution in [2.75, 3.05) is 24.7 Å². The molecule has 1 aliphatic heterocycles. The number of hydrogen-bond acceptors (Lipinski definition) is 6. The molecule has 1 saturated heterocycles. The number of oxazole rings is 1. The second-order valence-electron chi connectivity index (χ2n) is 6.25. The van der Waals surface area contributed by atoms with Crippen LogP contribution in [0.3, 0.4) is 0 Å². The fraction of sp³-hybridized carbons (Fsp3) is 0.412. The minimum absolute atomic E-state index is 0.00726. The quantitative estimate of drug-likeness (QED) is 0.857. The highest BCUT2D eigenvalue weighted by Gasteiger charge is 2.26. The largest absolute Gasteiger partial charge is 0.445 e. The van der Waals surface area contributed by atoms with E-state index in [2.05, 4.69) is 10.3 Å². The molecule has 1 aromatic carbocycles. The Hall–Kier alpha value is -2.39. The van der Waals surface area contributed by atoms with E-state index in [0.29, 0.717) is 24.5 Å². The molecule has 8 nitrogen and oxygen atoms in total. The number of rotatable bonds is 5. The van der Waals surface area contributed by atoms with Crippen LogP contribution in [0, 0.1) is 0 Å². The van der Waals surface area contributed by atoms with E-state index in [1.807, 2.05) is 12.1 Å². The normalized spacial score (nSPS) is 18.4. The molecule has 0 aliphatic carbocycles. The number of nitrogens with zero attached hydrogens (tertiary/aromatic N) is 2. The lowest BCUT2D eigenvalue weighted by Crippen LogP contribution is -2.38. The van der Waals surface area contributed by atoms with Gasteiger partial charge in [0.2, 0.25) is 10.0 Å². The highest BCUT2D eigenvalue weighted by atomic mass is 32.2. The van der Waals surface area contributed by atoms with Gasteiger partial charge in [0.15, 0.2) is 18.8 Å². The molecule has 2 heterocycles. The Morgan fingerprint density at radius 1 is 1.38 bits per heavy atom. The summed E-state index contributed by atoms with van der Waals surface area (Å²) in [6.45, 7) is 1.07. The Morgan fingerprint density at radius 3 is 2.81 bits per heavy atom. The van der Waals surface area contributed by atoms with Gasteiger partial charge in [-0.1, -0.05) is 12.1 Å². The number of carbonyl (C=O) groups is 1. The Morgan fingerprint density at radius 2 is 2.15 bits per heavy atom. The van der Waals surface area contributed by atoms with Gasteiger partial charge in [-0.3, -0.25) is 5.32 Å². The zero-order valence-electron chi connectivity index (χ0n) is 14.4. The highest BCUT2D eigenvalue weighted by molar-refractivity contribution is 7.88. The molecule has 1 N–H and O–H groups in total. The molecule has 9 heteroatoms. The number of sulfonamides is 1. The van der Waals surface area contributed by atoms with Crippen molar-refractivity contribution >= 4 is 21.8 Å². The number of anilines is 1. The van der Waals surface area contributed by atoms with Crippen molar-refractivity contribution in [2.45, 2.75) is 25.4 Å². The first-order chi connectivity index (χ1) is 12.4. The van der Waals surface area contributed by atoms with Gasteiger partial charge in [0.25, 0.3) is 0 Å². The number of ether oxygens (including phenoxy) is 1. The lowest BCUT2D eigenvalue weighted by atomic mass is 9.91. The van der Waals surface area contributed by atoms with Crippen molar-refractivity contribution in [2.24, 2.45) is 0 Å². The summed E-state index contributed by atoms with van der Waals surface area (Å²) in [5.41, 5.74) is 1.66. The number of piperidine rings is 1. The van der Waals surface area contributed by atoms with E-state index in [1.165, 1.54) is 23.2 Å². The minimum atomic E-state index is -3.17. The summed E-state index contributed by atoms with van der Waals surface area (Å²) in [6, 6.07) is 7.37. The maximum atomic E-state index is 11.8. The van der Waals surface area contributed by atoms with Crippen LogP contribution in [-0.2, 0) is 21.4 Å². The van der Waals surface area contributed by atoms with E-state index in [1.54, 1.807) is 12.1 Å². The molecular formula is C17H21N3O5S. The molecule has 1 atom stereocenters. The lowest BCUT2D eigenvalue weighted by molar-refractivity contribution is 0.146. The van der Waals surface area contributed by atoms with Crippen LogP contribution in [0.1, 0.15) is 30.1 Å². The van der Waals surface area contributed by atoms with Gasteiger partial charge < -0.3 is 9.15 Å². The molecular weight excluding hydrogens is 358 g/mol. The SMILES string of the molecule is CS(=O)(=O)N1CCC[C@@H](c2ccc(NC(=O)OCc3cnco3)cc2)C1. The molecule has 0 unspecified atom stereocenters. The van der Waals surface area contributed by atoms with E-state index >= 15 is 0 Å². The molecule has 1 aliphatic rings. The summed E-state index contributed by atoms with van der Waals surface area (Å²) >= 11 is 0. The fourth-order valence-corrected chi connectivity index (χ4v) is 3.87. The third kappa shape index (κ3) is 4.83. The van der Waals surface area contributed by atoms with Crippen LogP contribution in [0.4, 0.5) is 10.5 Å². The molecule has 2 aromatic rings. The first-order valence-corrected chi connectivity index (χ1v) is 10.1. The van der Waals surface area contributed by atoms with Crippen LogP contribution < -0.4 is 5.32 Å². The zero-order valence-corrected chi connectivity index (χ0v) is 15.2. The summed E-state index contributed by atoms with van der Waals surface area (Å²) in [6.07, 6.45) is 5.18. The van der Waals surface area contributed by atoms with Gasteiger partial charge in [-0.15, -0.1) is 0 Å². The van der Waals surface area contributed by atoms with Crippen LogP contribution in [0.25, 0.3) is 0 Å². The molecule has 1 fully saturated rings. The van der Waals surface area contributed by atoms with Gasteiger partial charge in [-0.2, -0.15) is 0 Å². The van der Waals surface area contributed by atoms with E-state index < -0.39 is 16.1 Å². The Kier molecular flexibility index (Phi) is 5.58. The number of carbonyl (C=O) groups excluding carboxylic acids is 1. The van der Waals surface area contributed by atoms with E-state index in [-0.39, 0.29) is 12.5 Å². The van der Waals surface area contributed by atoms with E-state index in [4.69, 9.17) is 9.15 Å². The Bertz CT molecular complexity index is 834. The monoisotopic (exact) mass is 379 g/mol. The van der Waals surface area contributed by atoms with Crippen molar-refractivity contribution in [1.82, 2.24) is 9.29 Å². The van der Waals surface area contributed by atoms with E-state index in [0.717, 1.165) is 18.4 Å². The van der Waals surface area contributed by atoms with Crippen LogP contribution in [-0.4, -0.2) is 43.1 Å². The topological polar surface area (TPSA) is 102 Å². The molecule has 1 aromatic heterocycles. The number of amides is 1. The third-order valence-corrected chi connectivity index (χ3v) is 5.58. The molecule has 1 amide bonds. The molecule has 140 valence electrons. The van der Waals surface area contributed by atoms with Crippen LogP contribution >= 0.6 is 0 Å². The molecule has 0 bridgehead atoms. The molecule has 0 saturated carbocycles. The summed E-state index contributed by atoms with van der Waals surface area (Å²) in [5, 5.41) is 2.64. The van der Waals surface area contributed by atoms with Gasteiger partial charge in [0, 0.05) is 18.8 Å². The van der Waals surface area contributed by atoms with Gasteiger partial charge >= 0.3 is 6.09 Å². The van der Waals surface area contributed by atoms with Crippen LogP contribution in [0.15, 0.2) is 41.3 Å². The summed E-state index contributed by atoms with van der Waals surface area (Å²) in [7, 11) is -3.17. The first kappa shape index (κ1) is 18.4. The zero-order chi connectivity index (χ0) is 18.6. The van der Waals surface area contributed by atoms with Gasteiger partial charge in [0.05, 0.1) is 12.5 Å². The fourth-order valence-electron chi connectivity index (χ4n) is 2.96.